The van der Waals surface area contributed by atoms with Crippen molar-refractivity contribution in [3.8, 4) is 0 Å². The van der Waals surface area contributed by atoms with Gasteiger partial charge in [0.2, 0.25) is 0 Å². The quantitative estimate of drug-likeness (QED) is 0.794. The van der Waals surface area contributed by atoms with Crippen LogP contribution in [0.2, 0.25) is 0 Å². The number of carbonyl (C=O) groups is 2. The van der Waals surface area contributed by atoms with Crippen molar-refractivity contribution < 1.29 is 14.3 Å². The molecule has 1 N–H and O–H groups in total. The number of amides is 2. The lowest BCUT2D eigenvalue weighted by Crippen LogP contribution is -2.41. The fraction of sp³-hybridized carbons (Fsp3) is 0.455. The normalized spacial score (nSPS) is 17.0. The molecule has 0 atom stereocenters. The van der Waals surface area contributed by atoms with Crippen LogP contribution in [0.1, 0.15) is 56.0 Å². The van der Waals surface area contributed by atoms with E-state index in [0.29, 0.717) is 42.4 Å². The minimum atomic E-state index is -0.160. The lowest BCUT2D eigenvalue weighted by Gasteiger charge is -2.27. The predicted molar refractivity (Wildman–Crippen MR) is 111 cm³/mol. The fourth-order valence-electron chi connectivity index (χ4n) is 3.86. The van der Waals surface area contributed by atoms with Crippen molar-refractivity contribution in [1.82, 2.24) is 4.90 Å². The fourth-order valence-corrected chi connectivity index (χ4v) is 5.14. The van der Waals surface area contributed by atoms with Gasteiger partial charge in [0, 0.05) is 23.5 Å². The van der Waals surface area contributed by atoms with E-state index in [1.807, 2.05) is 36.1 Å². The molecule has 28 heavy (non-hydrogen) atoms. The van der Waals surface area contributed by atoms with Crippen molar-refractivity contribution in [2.45, 2.75) is 39.0 Å². The molecule has 0 bridgehead atoms. The smallest absolute Gasteiger partial charge is 0.257 e. The second-order valence-electron chi connectivity index (χ2n) is 7.49. The van der Waals surface area contributed by atoms with Gasteiger partial charge in [0.1, 0.15) is 5.00 Å². The van der Waals surface area contributed by atoms with Crippen molar-refractivity contribution in [3.05, 3.63) is 51.4 Å². The van der Waals surface area contributed by atoms with Gasteiger partial charge in [-0.25, -0.2) is 0 Å². The van der Waals surface area contributed by atoms with E-state index in [2.05, 4.69) is 5.32 Å². The van der Waals surface area contributed by atoms with Crippen LogP contribution >= 0.6 is 11.3 Å². The number of morpholine rings is 1. The number of anilines is 1. The lowest BCUT2D eigenvalue weighted by molar-refractivity contribution is 0.0303. The molecule has 1 fully saturated rings. The number of nitrogens with one attached hydrogen (secondary N) is 1. The van der Waals surface area contributed by atoms with Gasteiger partial charge in [-0.2, -0.15) is 0 Å². The Morgan fingerprint density at radius 3 is 2.50 bits per heavy atom. The second kappa shape index (κ2) is 8.45. The first-order valence-corrected chi connectivity index (χ1v) is 10.8. The SMILES string of the molecule is Cc1ccc(C(=O)Nc2sc3c(c2C(=O)N2CCOCC2)CCCCC3)cc1. The van der Waals surface area contributed by atoms with Crippen molar-refractivity contribution in [2.24, 2.45) is 0 Å². The summed E-state index contributed by atoms with van der Waals surface area (Å²) in [6, 6.07) is 7.51. The highest BCUT2D eigenvalue weighted by Gasteiger charge is 2.29. The van der Waals surface area contributed by atoms with Crippen molar-refractivity contribution in [3.63, 3.8) is 0 Å². The third kappa shape index (κ3) is 3.98. The molecule has 0 radical (unpaired) electrons. The average molecular weight is 399 g/mol. The number of hydrogen-bond donors (Lipinski definition) is 1. The van der Waals surface area contributed by atoms with Crippen LogP contribution in [0, 0.1) is 6.92 Å². The third-order valence-corrected chi connectivity index (χ3v) is 6.68. The van der Waals surface area contributed by atoms with Crippen molar-refractivity contribution in [1.29, 1.82) is 0 Å². The van der Waals surface area contributed by atoms with Crippen LogP contribution in [-0.2, 0) is 17.6 Å². The Bertz CT molecular complexity index is 867. The van der Waals surface area contributed by atoms with E-state index < -0.39 is 0 Å². The Balaban J connectivity index is 1.66. The predicted octanol–water partition coefficient (Wildman–Crippen LogP) is 4.05. The van der Waals surface area contributed by atoms with E-state index in [4.69, 9.17) is 4.74 Å². The van der Waals surface area contributed by atoms with Crippen LogP contribution in [0.15, 0.2) is 24.3 Å². The summed E-state index contributed by atoms with van der Waals surface area (Å²) in [6.07, 6.45) is 5.33. The molecule has 6 heteroatoms. The van der Waals surface area contributed by atoms with Gasteiger partial charge in [-0.3, -0.25) is 9.59 Å². The summed E-state index contributed by atoms with van der Waals surface area (Å²) in [6.45, 7) is 4.35. The van der Waals surface area contributed by atoms with Crippen LogP contribution in [0.25, 0.3) is 0 Å². The Hall–Kier alpha value is -2.18. The first-order valence-electron chi connectivity index (χ1n) is 10.0. The largest absolute Gasteiger partial charge is 0.378 e. The Morgan fingerprint density at radius 1 is 1.04 bits per heavy atom. The minimum Gasteiger partial charge on any atom is -0.378 e. The summed E-state index contributed by atoms with van der Waals surface area (Å²) in [5, 5.41) is 3.75. The highest BCUT2D eigenvalue weighted by atomic mass is 32.1. The van der Waals surface area contributed by atoms with Gasteiger partial charge in [0.25, 0.3) is 11.8 Å². The molecule has 2 aromatic rings. The van der Waals surface area contributed by atoms with Gasteiger partial charge in [-0.1, -0.05) is 24.1 Å². The number of nitrogens with zero attached hydrogens (tertiary/aromatic N) is 1. The molecule has 1 aliphatic carbocycles. The molecule has 2 amide bonds. The van der Waals surface area contributed by atoms with Crippen LogP contribution in [0.4, 0.5) is 5.00 Å². The van der Waals surface area contributed by atoms with E-state index in [-0.39, 0.29) is 11.8 Å². The number of fused-ring (bicyclic) bond motifs is 1. The Labute approximate surface area is 169 Å². The molecule has 0 unspecified atom stereocenters. The maximum absolute atomic E-state index is 13.4. The van der Waals surface area contributed by atoms with E-state index in [9.17, 15) is 9.59 Å². The zero-order valence-corrected chi connectivity index (χ0v) is 17.1. The van der Waals surface area contributed by atoms with E-state index in [1.54, 1.807) is 11.3 Å². The number of rotatable bonds is 3. The van der Waals surface area contributed by atoms with Crippen LogP contribution < -0.4 is 5.32 Å². The van der Waals surface area contributed by atoms with Crippen LogP contribution in [0.5, 0.6) is 0 Å². The summed E-state index contributed by atoms with van der Waals surface area (Å²) >= 11 is 1.58. The summed E-state index contributed by atoms with van der Waals surface area (Å²) in [5.74, 6) is -0.130. The summed E-state index contributed by atoms with van der Waals surface area (Å²) in [5.41, 5.74) is 3.59. The number of aryl methyl sites for hydroxylation is 2. The zero-order chi connectivity index (χ0) is 19.5. The van der Waals surface area contributed by atoms with E-state index >= 15 is 0 Å². The molecule has 2 aliphatic rings. The molecular formula is C22H26N2O3S. The molecule has 2 heterocycles. The summed E-state index contributed by atoms with van der Waals surface area (Å²) in [4.78, 5) is 29.3. The maximum atomic E-state index is 13.4. The minimum absolute atomic E-state index is 0.0295. The molecule has 0 saturated carbocycles. The molecule has 1 aliphatic heterocycles. The molecule has 1 saturated heterocycles. The number of benzene rings is 1. The van der Waals surface area contributed by atoms with Crippen molar-refractivity contribution in [2.75, 3.05) is 31.6 Å². The van der Waals surface area contributed by atoms with Gasteiger partial charge >= 0.3 is 0 Å². The summed E-state index contributed by atoms with van der Waals surface area (Å²) in [7, 11) is 0. The average Bonchev–Trinajstić information content (AvgIpc) is 2.89. The number of thiophene rings is 1. The van der Waals surface area contributed by atoms with Gasteiger partial charge < -0.3 is 15.0 Å². The monoisotopic (exact) mass is 398 g/mol. The molecule has 4 rings (SSSR count). The lowest BCUT2D eigenvalue weighted by atomic mass is 10.0. The van der Waals surface area contributed by atoms with Gasteiger partial charge in [0.05, 0.1) is 18.8 Å². The highest BCUT2D eigenvalue weighted by molar-refractivity contribution is 7.17. The van der Waals surface area contributed by atoms with Gasteiger partial charge in [-0.05, 0) is 50.3 Å². The Morgan fingerprint density at radius 2 is 1.75 bits per heavy atom. The highest BCUT2D eigenvalue weighted by Crippen LogP contribution is 2.38. The number of ether oxygens (including phenoxy) is 1. The molecule has 1 aromatic heterocycles. The number of carbonyl (C=O) groups excluding carboxylic acids is 2. The van der Waals surface area contributed by atoms with E-state index in [0.717, 1.165) is 36.8 Å². The molecule has 1 aromatic carbocycles. The first-order chi connectivity index (χ1) is 13.6. The van der Waals surface area contributed by atoms with Crippen LogP contribution in [-0.4, -0.2) is 43.0 Å². The topological polar surface area (TPSA) is 58.6 Å². The molecule has 5 nitrogen and oxygen atoms in total. The molecular weight excluding hydrogens is 372 g/mol. The zero-order valence-electron chi connectivity index (χ0n) is 16.3. The van der Waals surface area contributed by atoms with Gasteiger partial charge in [0.15, 0.2) is 0 Å². The van der Waals surface area contributed by atoms with Crippen LogP contribution in [0.3, 0.4) is 0 Å². The molecule has 0 spiro atoms. The number of hydrogen-bond acceptors (Lipinski definition) is 4. The standard InChI is InChI=1S/C22H26N2O3S/c1-15-7-9-16(10-8-15)20(25)23-21-19(22(26)24-11-13-27-14-12-24)17-5-3-2-4-6-18(17)28-21/h7-10H,2-6,11-14H2,1H3,(H,23,25). The second-order valence-corrected chi connectivity index (χ2v) is 8.60. The first kappa shape index (κ1) is 19.2. The van der Waals surface area contributed by atoms with E-state index in [1.165, 1.54) is 11.3 Å². The molecule has 148 valence electrons. The van der Waals surface area contributed by atoms with Gasteiger partial charge in [-0.15, -0.1) is 11.3 Å². The summed E-state index contributed by atoms with van der Waals surface area (Å²) < 4.78 is 5.40. The van der Waals surface area contributed by atoms with Crippen molar-refractivity contribution >= 4 is 28.2 Å². The third-order valence-electron chi connectivity index (χ3n) is 5.47. The Kier molecular flexibility index (Phi) is 5.78. The maximum Gasteiger partial charge on any atom is 0.257 e.